The van der Waals surface area contributed by atoms with Crippen LogP contribution in [-0.2, 0) is 5.75 Å². The first-order valence-electron chi connectivity index (χ1n) is 5.66. The molecule has 0 radical (unpaired) electrons. The second-order valence-electron chi connectivity index (χ2n) is 4.05. The molecule has 2 rings (SSSR count). The molecule has 4 heteroatoms. The van der Waals surface area contributed by atoms with Crippen molar-refractivity contribution < 1.29 is 0 Å². The molecule has 0 aromatic heterocycles. The predicted octanol–water partition coefficient (Wildman–Crippen LogP) is 3.59. The third kappa shape index (κ3) is 3.34. The fourth-order valence-electron chi connectivity index (χ4n) is 1.69. The maximum atomic E-state index is 7.64. The van der Waals surface area contributed by atoms with E-state index in [1.165, 1.54) is 28.1 Å². The van der Waals surface area contributed by atoms with E-state index < -0.39 is 0 Å². The van der Waals surface area contributed by atoms with Crippen LogP contribution in [0.5, 0.6) is 0 Å². The van der Waals surface area contributed by atoms with Gasteiger partial charge in [-0.05, 0) is 23.3 Å². The highest BCUT2D eigenvalue weighted by Gasteiger charge is 2.01. The van der Waals surface area contributed by atoms with Crippen molar-refractivity contribution in [3.05, 3.63) is 48.0 Å². The predicted molar refractivity (Wildman–Crippen MR) is 79.5 cm³/mol. The molecule has 0 unspecified atom stereocenters. The van der Waals surface area contributed by atoms with Gasteiger partial charge in [0, 0.05) is 5.75 Å². The Morgan fingerprint density at radius 3 is 2.56 bits per heavy atom. The van der Waals surface area contributed by atoms with E-state index >= 15 is 0 Å². The molecule has 0 amide bonds. The summed E-state index contributed by atoms with van der Waals surface area (Å²) < 4.78 is 0. The lowest BCUT2D eigenvalue weighted by Gasteiger charge is -2.06. The van der Waals surface area contributed by atoms with Gasteiger partial charge in [0.1, 0.15) is 0 Å². The molecule has 3 N–H and O–H groups in total. The van der Waals surface area contributed by atoms with Gasteiger partial charge in [-0.15, -0.1) is 0 Å². The number of thioether (sulfide) groups is 1. The van der Waals surface area contributed by atoms with Gasteiger partial charge in [0.25, 0.3) is 0 Å². The lowest BCUT2D eigenvalue weighted by molar-refractivity contribution is 1.26. The lowest BCUT2D eigenvalue weighted by Crippen LogP contribution is -2.23. The Bertz CT molecular complexity index is 592. The molecule has 0 bridgehead atoms. The smallest absolute Gasteiger partial charge is 0.159 e. The SMILES string of the molecule is CC(=N)NC(=N)SCc1ccc2ccccc2c1. The van der Waals surface area contributed by atoms with Gasteiger partial charge in [0.2, 0.25) is 0 Å². The number of hydrogen-bond acceptors (Lipinski definition) is 3. The molecular weight excluding hydrogens is 242 g/mol. The molecule has 0 saturated carbocycles. The van der Waals surface area contributed by atoms with E-state index in [1.54, 1.807) is 6.92 Å². The largest absolute Gasteiger partial charge is 0.324 e. The van der Waals surface area contributed by atoms with Crippen LogP contribution in [0.1, 0.15) is 12.5 Å². The molecular formula is C14H15N3S. The van der Waals surface area contributed by atoms with E-state index in [4.69, 9.17) is 10.8 Å². The van der Waals surface area contributed by atoms with E-state index in [-0.39, 0.29) is 0 Å². The van der Waals surface area contributed by atoms with E-state index in [9.17, 15) is 0 Å². The Labute approximate surface area is 111 Å². The maximum Gasteiger partial charge on any atom is 0.159 e. The minimum Gasteiger partial charge on any atom is -0.324 e. The van der Waals surface area contributed by atoms with Crippen molar-refractivity contribution in [2.75, 3.05) is 0 Å². The minimum absolute atomic E-state index is 0.297. The Balaban J connectivity index is 2.04. The molecule has 0 aliphatic rings. The van der Waals surface area contributed by atoms with Crippen LogP contribution in [0, 0.1) is 10.8 Å². The summed E-state index contributed by atoms with van der Waals surface area (Å²) in [4.78, 5) is 0. The average Bonchev–Trinajstić information content (AvgIpc) is 2.35. The van der Waals surface area contributed by atoms with Crippen LogP contribution in [0.2, 0.25) is 0 Å². The molecule has 0 aliphatic carbocycles. The van der Waals surface area contributed by atoms with E-state index in [0.29, 0.717) is 11.0 Å². The Morgan fingerprint density at radius 1 is 1.11 bits per heavy atom. The van der Waals surface area contributed by atoms with Crippen molar-refractivity contribution in [3.63, 3.8) is 0 Å². The quantitative estimate of drug-likeness (QED) is 0.568. The maximum absolute atomic E-state index is 7.64. The van der Waals surface area contributed by atoms with Gasteiger partial charge in [-0.2, -0.15) is 0 Å². The minimum atomic E-state index is 0.297. The molecule has 0 saturated heterocycles. The number of rotatable bonds is 2. The van der Waals surface area contributed by atoms with E-state index in [2.05, 4.69) is 35.6 Å². The van der Waals surface area contributed by atoms with Crippen LogP contribution in [0.15, 0.2) is 42.5 Å². The van der Waals surface area contributed by atoms with Crippen LogP contribution >= 0.6 is 11.8 Å². The fraction of sp³-hybridized carbons (Fsp3) is 0.143. The zero-order valence-corrected chi connectivity index (χ0v) is 11.0. The number of benzene rings is 2. The van der Waals surface area contributed by atoms with Gasteiger partial charge >= 0.3 is 0 Å². The Kier molecular flexibility index (Phi) is 3.99. The van der Waals surface area contributed by atoms with Crippen molar-refractivity contribution in [2.24, 2.45) is 0 Å². The highest BCUT2D eigenvalue weighted by molar-refractivity contribution is 8.13. The van der Waals surface area contributed by atoms with Gasteiger partial charge in [-0.25, -0.2) is 0 Å². The van der Waals surface area contributed by atoms with E-state index in [1.807, 2.05) is 12.1 Å². The molecule has 2 aromatic rings. The van der Waals surface area contributed by atoms with Crippen molar-refractivity contribution >= 4 is 33.5 Å². The second-order valence-corrected chi connectivity index (χ2v) is 5.03. The molecule has 0 heterocycles. The van der Waals surface area contributed by atoms with Crippen LogP contribution in [0.3, 0.4) is 0 Å². The van der Waals surface area contributed by atoms with Crippen LogP contribution in [0.4, 0.5) is 0 Å². The standard InChI is InChI=1S/C14H15N3S/c1-10(15)17-14(16)18-9-11-6-7-12-4-2-3-5-13(12)8-11/h2-8H,9H2,1H3,(H3,15,16,17). The van der Waals surface area contributed by atoms with Gasteiger partial charge in [0.15, 0.2) is 5.17 Å². The van der Waals surface area contributed by atoms with Gasteiger partial charge in [-0.3, -0.25) is 10.8 Å². The molecule has 2 aromatic carbocycles. The number of fused-ring (bicyclic) bond motifs is 1. The topological polar surface area (TPSA) is 59.7 Å². The molecule has 92 valence electrons. The van der Waals surface area contributed by atoms with Crippen molar-refractivity contribution in [2.45, 2.75) is 12.7 Å². The third-order valence-electron chi connectivity index (χ3n) is 2.50. The summed E-state index contributed by atoms with van der Waals surface area (Å²) in [7, 11) is 0. The summed E-state index contributed by atoms with van der Waals surface area (Å²) in [5, 5.41) is 20.3. The molecule has 0 atom stereocenters. The molecule has 0 spiro atoms. The summed E-state index contributed by atoms with van der Waals surface area (Å²) in [6.45, 7) is 1.63. The summed E-state index contributed by atoms with van der Waals surface area (Å²) in [5.74, 6) is 1.04. The normalized spacial score (nSPS) is 10.3. The number of amidine groups is 2. The highest BCUT2D eigenvalue weighted by Crippen LogP contribution is 2.19. The second kappa shape index (κ2) is 5.69. The average molecular weight is 257 g/mol. The fourth-order valence-corrected chi connectivity index (χ4v) is 2.41. The Hall–Kier alpha value is -1.81. The first-order valence-corrected chi connectivity index (χ1v) is 6.65. The van der Waals surface area contributed by atoms with Gasteiger partial charge < -0.3 is 5.32 Å². The number of hydrogen-bond donors (Lipinski definition) is 3. The monoisotopic (exact) mass is 257 g/mol. The third-order valence-corrected chi connectivity index (χ3v) is 3.37. The molecule has 3 nitrogen and oxygen atoms in total. The van der Waals surface area contributed by atoms with Crippen molar-refractivity contribution in [1.82, 2.24) is 5.32 Å². The summed E-state index contributed by atoms with van der Waals surface area (Å²) >= 11 is 1.40. The zero-order chi connectivity index (χ0) is 13.0. The zero-order valence-electron chi connectivity index (χ0n) is 10.2. The first kappa shape index (κ1) is 12.6. The molecule has 0 fully saturated rings. The summed E-state index contributed by atoms with van der Waals surface area (Å²) in [6.07, 6.45) is 0. The van der Waals surface area contributed by atoms with E-state index in [0.717, 1.165) is 5.75 Å². The molecule has 18 heavy (non-hydrogen) atoms. The van der Waals surface area contributed by atoms with Crippen LogP contribution in [0.25, 0.3) is 10.8 Å². The van der Waals surface area contributed by atoms with Crippen molar-refractivity contribution in [1.29, 1.82) is 10.8 Å². The first-order chi connectivity index (χ1) is 8.65. The van der Waals surface area contributed by atoms with Crippen LogP contribution < -0.4 is 5.32 Å². The van der Waals surface area contributed by atoms with Crippen LogP contribution in [-0.4, -0.2) is 11.0 Å². The number of nitrogens with one attached hydrogen (secondary N) is 3. The summed E-state index contributed by atoms with van der Waals surface area (Å²) in [6, 6.07) is 14.6. The van der Waals surface area contributed by atoms with Gasteiger partial charge in [-0.1, -0.05) is 54.2 Å². The van der Waals surface area contributed by atoms with Crippen molar-refractivity contribution in [3.8, 4) is 0 Å². The lowest BCUT2D eigenvalue weighted by atomic mass is 10.1. The van der Waals surface area contributed by atoms with Gasteiger partial charge in [0.05, 0.1) is 5.84 Å². The summed E-state index contributed by atoms with van der Waals surface area (Å²) in [5.41, 5.74) is 1.19. The highest BCUT2D eigenvalue weighted by atomic mass is 32.2. The Morgan fingerprint density at radius 2 is 1.83 bits per heavy atom. The molecule has 0 aliphatic heterocycles.